The van der Waals surface area contributed by atoms with Crippen molar-refractivity contribution >= 4 is 17.9 Å². The van der Waals surface area contributed by atoms with Gasteiger partial charge in [0, 0.05) is 19.3 Å². The van der Waals surface area contributed by atoms with E-state index in [1.54, 1.807) is 0 Å². The number of rotatable bonds is 50. The van der Waals surface area contributed by atoms with Crippen LogP contribution in [0.2, 0.25) is 0 Å². The summed E-state index contributed by atoms with van der Waals surface area (Å²) in [6.07, 6.45) is 66.3. The molecule has 0 saturated carbocycles. The molecule has 0 saturated heterocycles. The van der Waals surface area contributed by atoms with E-state index in [1.807, 2.05) is 0 Å². The van der Waals surface area contributed by atoms with Crippen molar-refractivity contribution in [2.24, 2.45) is 0 Å². The predicted octanol–water partition coefficient (Wildman–Crippen LogP) is 18.4. The number of esters is 3. The van der Waals surface area contributed by atoms with E-state index in [2.05, 4.69) is 81.5 Å². The third-order valence-corrected chi connectivity index (χ3v) is 12.1. The Labute approximate surface area is 402 Å². The first kappa shape index (κ1) is 62.1. The van der Waals surface area contributed by atoms with E-state index in [4.69, 9.17) is 14.2 Å². The Morgan fingerprint density at radius 3 is 0.862 bits per heavy atom. The highest BCUT2D eigenvalue weighted by molar-refractivity contribution is 5.71. The summed E-state index contributed by atoms with van der Waals surface area (Å²) in [5.74, 6) is -0.914. The zero-order valence-electron chi connectivity index (χ0n) is 43.0. The van der Waals surface area contributed by atoms with Crippen molar-refractivity contribution in [3.05, 3.63) is 60.8 Å². The van der Waals surface area contributed by atoms with Gasteiger partial charge in [0.25, 0.3) is 0 Å². The molecule has 1 atom stereocenters. The van der Waals surface area contributed by atoms with Crippen LogP contribution >= 0.6 is 0 Å². The highest BCUT2D eigenvalue weighted by Gasteiger charge is 2.19. The monoisotopic (exact) mass is 909 g/mol. The van der Waals surface area contributed by atoms with Gasteiger partial charge >= 0.3 is 17.9 Å². The van der Waals surface area contributed by atoms with Crippen LogP contribution in [0.25, 0.3) is 0 Å². The molecule has 0 amide bonds. The van der Waals surface area contributed by atoms with Crippen molar-refractivity contribution in [3.8, 4) is 0 Å². The largest absolute Gasteiger partial charge is 0.462 e. The van der Waals surface area contributed by atoms with Crippen LogP contribution in [-0.4, -0.2) is 37.2 Å². The molecule has 0 aliphatic rings. The molecule has 0 aromatic heterocycles. The van der Waals surface area contributed by atoms with Crippen molar-refractivity contribution in [1.82, 2.24) is 0 Å². The average Bonchev–Trinajstić information content (AvgIpc) is 3.30. The lowest BCUT2D eigenvalue weighted by Crippen LogP contribution is -2.30. The van der Waals surface area contributed by atoms with Crippen LogP contribution in [0.15, 0.2) is 60.8 Å². The minimum atomic E-state index is -0.789. The summed E-state index contributed by atoms with van der Waals surface area (Å²) in [5.41, 5.74) is 0. The Hall–Kier alpha value is -2.89. The van der Waals surface area contributed by atoms with E-state index in [9.17, 15) is 14.4 Å². The van der Waals surface area contributed by atoms with Crippen molar-refractivity contribution < 1.29 is 28.6 Å². The molecule has 0 radical (unpaired) electrons. The molecule has 6 nitrogen and oxygen atoms in total. The minimum Gasteiger partial charge on any atom is -0.462 e. The predicted molar refractivity (Wildman–Crippen MR) is 279 cm³/mol. The van der Waals surface area contributed by atoms with Crippen LogP contribution in [0.3, 0.4) is 0 Å². The second-order valence-corrected chi connectivity index (χ2v) is 18.6. The number of carbonyl (C=O) groups is 3. The number of unbranched alkanes of at least 4 members (excludes halogenated alkanes) is 32. The molecule has 0 aliphatic heterocycles. The molecule has 0 aromatic carbocycles. The van der Waals surface area contributed by atoms with E-state index >= 15 is 0 Å². The smallest absolute Gasteiger partial charge is 0.306 e. The van der Waals surface area contributed by atoms with Crippen molar-refractivity contribution in [2.75, 3.05) is 13.2 Å². The summed E-state index contributed by atoms with van der Waals surface area (Å²) in [5, 5.41) is 0. The Bertz CT molecular complexity index is 1180. The van der Waals surface area contributed by atoms with E-state index in [0.29, 0.717) is 19.3 Å². The second kappa shape index (κ2) is 53.7. The Morgan fingerprint density at radius 2 is 0.554 bits per heavy atom. The Morgan fingerprint density at radius 1 is 0.308 bits per heavy atom. The molecule has 0 fully saturated rings. The molecule has 0 bridgehead atoms. The maximum Gasteiger partial charge on any atom is 0.306 e. The van der Waals surface area contributed by atoms with E-state index in [1.165, 1.54) is 141 Å². The van der Waals surface area contributed by atoms with Gasteiger partial charge in [-0.2, -0.15) is 0 Å². The molecule has 1 unspecified atom stereocenters. The maximum absolute atomic E-state index is 12.8. The maximum atomic E-state index is 12.8. The van der Waals surface area contributed by atoms with E-state index < -0.39 is 6.10 Å². The fourth-order valence-electron chi connectivity index (χ4n) is 7.85. The number of hydrogen-bond acceptors (Lipinski definition) is 6. The molecular weight excluding hydrogens is 805 g/mol. The van der Waals surface area contributed by atoms with Crippen LogP contribution in [-0.2, 0) is 28.6 Å². The summed E-state index contributed by atoms with van der Waals surface area (Å²) < 4.78 is 16.8. The number of allylic oxidation sites excluding steroid dienone is 10. The van der Waals surface area contributed by atoms with Gasteiger partial charge in [0.15, 0.2) is 6.10 Å². The molecule has 0 N–H and O–H groups in total. The van der Waals surface area contributed by atoms with Crippen LogP contribution in [0.5, 0.6) is 0 Å². The van der Waals surface area contributed by atoms with Gasteiger partial charge in [-0.1, -0.05) is 248 Å². The average molecular weight is 909 g/mol. The number of hydrogen-bond donors (Lipinski definition) is 0. The van der Waals surface area contributed by atoms with Crippen LogP contribution in [0, 0.1) is 0 Å². The fourth-order valence-corrected chi connectivity index (χ4v) is 7.85. The molecule has 376 valence electrons. The SMILES string of the molecule is CCCCCCC\C=C/C=C\C=C/CCCCCCCC(=O)OCC(COC(=O)CCCCCCCCCCCCC)OC(=O)CCCCCCC/C=C\C=C/CCCCCCCCC. The zero-order valence-corrected chi connectivity index (χ0v) is 43.0. The topological polar surface area (TPSA) is 78.9 Å². The molecule has 6 heteroatoms. The summed E-state index contributed by atoms with van der Waals surface area (Å²) >= 11 is 0. The number of carbonyl (C=O) groups excluding carboxylic acids is 3. The summed E-state index contributed by atoms with van der Waals surface area (Å²) in [7, 11) is 0. The van der Waals surface area contributed by atoms with Crippen molar-refractivity contribution in [1.29, 1.82) is 0 Å². The molecular formula is C59H104O6. The van der Waals surface area contributed by atoms with E-state index in [-0.39, 0.29) is 31.1 Å². The molecule has 0 aliphatic carbocycles. The quantitative estimate of drug-likeness (QED) is 0.0262. The molecule has 65 heavy (non-hydrogen) atoms. The fraction of sp³-hybridized carbons (Fsp3) is 0.780. The van der Waals surface area contributed by atoms with Gasteiger partial charge < -0.3 is 14.2 Å². The van der Waals surface area contributed by atoms with E-state index in [0.717, 1.165) is 96.3 Å². The first-order chi connectivity index (χ1) is 32.0. The number of ether oxygens (including phenoxy) is 3. The lowest BCUT2D eigenvalue weighted by molar-refractivity contribution is -0.167. The first-order valence-electron chi connectivity index (χ1n) is 27.8. The molecule has 0 spiro atoms. The minimum absolute atomic E-state index is 0.0855. The van der Waals surface area contributed by atoms with Crippen LogP contribution in [0.1, 0.15) is 278 Å². The first-order valence-corrected chi connectivity index (χ1v) is 27.8. The molecule has 0 rings (SSSR count). The summed E-state index contributed by atoms with van der Waals surface area (Å²) in [6, 6.07) is 0. The highest BCUT2D eigenvalue weighted by atomic mass is 16.6. The molecule has 0 heterocycles. The van der Waals surface area contributed by atoms with Gasteiger partial charge in [0.05, 0.1) is 0 Å². The van der Waals surface area contributed by atoms with Gasteiger partial charge in [-0.3, -0.25) is 14.4 Å². The van der Waals surface area contributed by atoms with Gasteiger partial charge in [0.1, 0.15) is 13.2 Å². The standard InChI is InChI=1S/C59H104O6/c1-4-7-10-13-16-19-22-24-26-28-30-32-34-37-40-43-46-49-52-58(61)64-55-56(54-63-57(60)51-48-45-42-39-36-21-18-15-12-9-6-3)65-59(62)53-50-47-44-41-38-35-33-31-29-27-25-23-20-17-14-11-8-5-2/h22,24,26-33,56H,4-21,23,25,34-55H2,1-3H3/b24-22-,28-26-,29-27-,32-30-,33-31-. The normalized spacial score (nSPS) is 12.5. The zero-order chi connectivity index (χ0) is 47.2. The highest BCUT2D eigenvalue weighted by Crippen LogP contribution is 2.15. The third-order valence-electron chi connectivity index (χ3n) is 12.1. The van der Waals surface area contributed by atoms with Crippen LogP contribution < -0.4 is 0 Å². The Kier molecular flexibility index (Phi) is 51.3. The van der Waals surface area contributed by atoms with Gasteiger partial charge in [-0.05, 0) is 70.6 Å². The van der Waals surface area contributed by atoms with Gasteiger partial charge in [0.2, 0.25) is 0 Å². The summed E-state index contributed by atoms with van der Waals surface area (Å²) in [4.78, 5) is 38.0. The van der Waals surface area contributed by atoms with Crippen LogP contribution in [0.4, 0.5) is 0 Å². The van der Waals surface area contributed by atoms with Crippen molar-refractivity contribution in [2.45, 2.75) is 284 Å². The van der Waals surface area contributed by atoms with Gasteiger partial charge in [-0.15, -0.1) is 0 Å². The summed E-state index contributed by atoms with van der Waals surface area (Å²) in [6.45, 7) is 6.60. The molecule has 0 aromatic rings. The van der Waals surface area contributed by atoms with Crippen molar-refractivity contribution in [3.63, 3.8) is 0 Å². The van der Waals surface area contributed by atoms with Gasteiger partial charge in [-0.25, -0.2) is 0 Å². The third kappa shape index (κ3) is 51.9. The lowest BCUT2D eigenvalue weighted by atomic mass is 10.1. The second-order valence-electron chi connectivity index (χ2n) is 18.6. The Balaban J connectivity index is 4.41. The lowest BCUT2D eigenvalue weighted by Gasteiger charge is -2.18.